The number of hydrogen-bond donors (Lipinski definition) is 4. The van der Waals surface area contributed by atoms with Gasteiger partial charge in [-0.15, -0.1) is 0 Å². The number of carbonyl (C=O) groups is 3. The molecule has 0 aliphatic carbocycles. The summed E-state index contributed by atoms with van der Waals surface area (Å²) < 4.78 is 56.7. The summed E-state index contributed by atoms with van der Waals surface area (Å²) in [4.78, 5) is 45.8. The number of carbonyl (C=O) groups excluding carboxylic acids is 2. The second kappa shape index (κ2) is 16.6. The van der Waals surface area contributed by atoms with Gasteiger partial charge in [0.15, 0.2) is 5.16 Å². The first kappa shape index (κ1) is 38.8. The molecule has 0 spiro atoms. The topological polar surface area (TPSA) is 204 Å². The van der Waals surface area contributed by atoms with Crippen LogP contribution < -0.4 is 16.2 Å². The number of rotatable bonds is 13. The van der Waals surface area contributed by atoms with Crippen LogP contribution in [0.15, 0.2) is 70.7 Å². The fourth-order valence-corrected chi connectivity index (χ4v) is 5.46. The number of sulfonamides is 1. The average molecular weight is 724 g/mol. The van der Waals surface area contributed by atoms with Gasteiger partial charge in [-0.05, 0) is 47.9 Å². The van der Waals surface area contributed by atoms with Crippen molar-refractivity contribution in [2.75, 3.05) is 24.7 Å². The number of fused-ring (bicyclic) bond motifs is 1. The zero-order chi connectivity index (χ0) is 36.5. The number of alkyl halides is 3. The summed E-state index contributed by atoms with van der Waals surface area (Å²) in [5, 5.41) is 16.9. The summed E-state index contributed by atoms with van der Waals surface area (Å²) in [7, 11) is -3.76. The van der Waals surface area contributed by atoms with Crippen LogP contribution in [0.25, 0.3) is 11.0 Å². The number of thioether (sulfide) groups is 1. The van der Waals surface area contributed by atoms with Crippen molar-refractivity contribution in [1.29, 1.82) is 0 Å². The molecule has 0 aliphatic heterocycles. The first-order valence-corrected chi connectivity index (χ1v) is 17.4. The Kier molecular flexibility index (Phi) is 13.2. The van der Waals surface area contributed by atoms with Crippen LogP contribution in [0, 0.1) is 5.92 Å². The van der Waals surface area contributed by atoms with Crippen molar-refractivity contribution in [3.05, 3.63) is 77.5 Å². The van der Waals surface area contributed by atoms with Crippen molar-refractivity contribution in [3.8, 4) is 0 Å². The van der Waals surface area contributed by atoms with E-state index in [-0.39, 0.29) is 29.8 Å². The van der Waals surface area contributed by atoms with E-state index in [2.05, 4.69) is 24.1 Å². The summed E-state index contributed by atoms with van der Waals surface area (Å²) in [5.41, 5.74) is 8.35. The van der Waals surface area contributed by atoms with Crippen LogP contribution in [0.5, 0.6) is 0 Å². The van der Waals surface area contributed by atoms with E-state index in [1.807, 2.05) is 41.2 Å². The molecule has 2 aromatic heterocycles. The van der Waals surface area contributed by atoms with E-state index in [9.17, 15) is 31.2 Å². The Hall–Kier alpha value is -4.68. The number of nitrogens with one attached hydrogen (secondary N) is 1. The molecule has 2 amide bonds. The minimum Gasteiger partial charge on any atom is -0.475 e. The van der Waals surface area contributed by atoms with Gasteiger partial charge >= 0.3 is 12.1 Å². The Balaban J connectivity index is 0.000000838. The lowest BCUT2D eigenvalue weighted by Crippen LogP contribution is -2.39. The van der Waals surface area contributed by atoms with Crippen LogP contribution >= 0.6 is 11.8 Å². The van der Waals surface area contributed by atoms with Crippen LogP contribution in [0.4, 0.5) is 19.0 Å². The van der Waals surface area contributed by atoms with Gasteiger partial charge in [-0.2, -0.15) is 13.2 Å². The highest BCUT2D eigenvalue weighted by atomic mass is 32.2. The molecular formula is C31H36F3N7O6S2. The van der Waals surface area contributed by atoms with E-state index < -0.39 is 28.1 Å². The number of nitrogens with zero attached hydrogens (tertiary/aromatic N) is 4. The smallest absolute Gasteiger partial charge is 0.475 e. The van der Waals surface area contributed by atoms with Crippen molar-refractivity contribution in [2.45, 2.75) is 49.6 Å². The highest BCUT2D eigenvalue weighted by Gasteiger charge is 2.38. The van der Waals surface area contributed by atoms with Gasteiger partial charge in [0.25, 0.3) is 5.91 Å². The standard InChI is InChI=1S/C29H35N7O4S2.C2HF3O2/c1-19(2)16-36-24(28(38)35(18-25(30)37)17-21-7-5-4-6-8-21)15-23-26(33-29(41-3)34-27(23)36)32-14-13-20-9-11-22(12-10-20)42(31,39)40;3-2(4,5)1(6)7/h4-12,15,19H,13-14,16-18H2,1-3H3,(H2,30,37)(H2,31,39,40)(H,32,33,34);(H,6,7). The predicted octanol–water partition coefficient (Wildman–Crippen LogP) is 3.87. The Bertz CT molecular complexity index is 1890. The maximum absolute atomic E-state index is 14.0. The third kappa shape index (κ3) is 11.2. The molecule has 0 bridgehead atoms. The second-order valence-electron chi connectivity index (χ2n) is 11.1. The molecule has 2 heterocycles. The largest absolute Gasteiger partial charge is 0.490 e. The molecule has 13 nitrogen and oxygen atoms in total. The molecule has 0 unspecified atom stereocenters. The Morgan fingerprint density at radius 2 is 1.65 bits per heavy atom. The number of primary sulfonamides is 1. The van der Waals surface area contributed by atoms with Gasteiger partial charge in [-0.3, -0.25) is 9.59 Å². The van der Waals surface area contributed by atoms with Crippen molar-refractivity contribution < 1.29 is 41.1 Å². The van der Waals surface area contributed by atoms with E-state index in [0.717, 1.165) is 11.1 Å². The number of carboxylic acid groups (broad SMARTS) is 1. The van der Waals surface area contributed by atoms with Gasteiger partial charge in [-0.1, -0.05) is 68.1 Å². The van der Waals surface area contributed by atoms with Crippen molar-refractivity contribution in [1.82, 2.24) is 19.4 Å². The molecule has 49 heavy (non-hydrogen) atoms. The third-order valence-corrected chi connectivity index (χ3v) is 8.21. The zero-order valence-electron chi connectivity index (χ0n) is 26.8. The van der Waals surface area contributed by atoms with Crippen molar-refractivity contribution in [2.24, 2.45) is 16.8 Å². The third-order valence-electron chi connectivity index (χ3n) is 6.73. The van der Waals surface area contributed by atoms with Gasteiger partial charge in [-0.25, -0.2) is 28.3 Å². The SMILES string of the molecule is CSc1nc(NCCc2ccc(S(N)(=O)=O)cc2)c2cc(C(=O)N(CC(N)=O)Cc3ccccc3)n(CC(C)C)c2n1.O=C(O)C(F)(F)F. The van der Waals surface area contributed by atoms with Crippen molar-refractivity contribution >= 4 is 56.4 Å². The average Bonchev–Trinajstić information content (AvgIpc) is 3.37. The lowest BCUT2D eigenvalue weighted by atomic mass is 10.1. The molecule has 264 valence electrons. The van der Waals surface area contributed by atoms with Gasteiger partial charge in [0.05, 0.1) is 10.3 Å². The van der Waals surface area contributed by atoms with E-state index in [1.165, 1.54) is 28.8 Å². The Morgan fingerprint density at radius 3 is 2.16 bits per heavy atom. The van der Waals surface area contributed by atoms with E-state index >= 15 is 0 Å². The van der Waals surface area contributed by atoms with Gasteiger partial charge in [0.2, 0.25) is 15.9 Å². The number of benzene rings is 2. The van der Waals surface area contributed by atoms with E-state index in [4.69, 9.17) is 25.8 Å². The Morgan fingerprint density at radius 1 is 1.04 bits per heavy atom. The molecule has 4 rings (SSSR count). The maximum atomic E-state index is 14.0. The van der Waals surface area contributed by atoms with Gasteiger partial charge < -0.3 is 25.6 Å². The van der Waals surface area contributed by atoms with E-state index in [0.29, 0.717) is 47.2 Å². The fraction of sp³-hybridized carbons (Fsp3) is 0.323. The van der Waals surface area contributed by atoms with Crippen LogP contribution in [-0.4, -0.2) is 76.3 Å². The summed E-state index contributed by atoms with van der Waals surface area (Å²) in [6.45, 7) is 5.14. The lowest BCUT2D eigenvalue weighted by molar-refractivity contribution is -0.192. The Labute approximate surface area is 284 Å². The van der Waals surface area contributed by atoms with Gasteiger partial charge in [0, 0.05) is 19.6 Å². The molecule has 0 fully saturated rings. The molecule has 0 radical (unpaired) electrons. The zero-order valence-corrected chi connectivity index (χ0v) is 28.4. The number of aliphatic carboxylic acids is 1. The molecule has 0 saturated heterocycles. The number of carboxylic acids is 1. The number of halogens is 3. The second-order valence-corrected chi connectivity index (χ2v) is 13.4. The fourth-order valence-electron chi connectivity index (χ4n) is 4.58. The van der Waals surface area contributed by atoms with Gasteiger partial charge in [0.1, 0.15) is 23.7 Å². The highest BCUT2D eigenvalue weighted by Crippen LogP contribution is 2.29. The minimum absolute atomic E-state index is 0.0580. The number of aromatic nitrogens is 3. The molecule has 2 aromatic carbocycles. The number of anilines is 1. The number of nitrogens with two attached hydrogens (primary N) is 2. The first-order valence-electron chi connectivity index (χ1n) is 14.6. The molecular weight excluding hydrogens is 688 g/mol. The minimum atomic E-state index is -5.08. The molecule has 0 atom stereocenters. The summed E-state index contributed by atoms with van der Waals surface area (Å²) in [6.07, 6.45) is -2.61. The monoisotopic (exact) mass is 723 g/mol. The molecule has 0 aliphatic rings. The first-order chi connectivity index (χ1) is 22.9. The molecule has 0 saturated carbocycles. The maximum Gasteiger partial charge on any atom is 0.490 e. The van der Waals surface area contributed by atoms with Crippen molar-refractivity contribution in [3.63, 3.8) is 0 Å². The van der Waals surface area contributed by atoms with Crippen LogP contribution in [0.2, 0.25) is 0 Å². The predicted molar refractivity (Wildman–Crippen MR) is 178 cm³/mol. The number of amides is 2. The van der Waals surface area contributed by atoms with Crippen LogP contribution in [0.3, 0.4) is 0 Å². The molecule has 18 heteroatoms. The van der Waals surface area contributed by atoms with Crippen LogP contribution in [-0.2, 0) is 39.1 Å². The number of hydrogen-bond acceptors (Lipinski definition) is 9. The molecule has 6 N–H and O–H groups in total. The summed E-state index contributed by atoms with van der Waals surface area (Å²) in [5.74, 6) is -2.91. The lowest BCUT2D eigenvalue weighted by Gasteiger charge is -2.22. The normalized spacial score (nSPS) is 11.6. The quantitative estimate of drug-likeness (QED) is 0.116. The van der Waals surface area contributed by atoms with E-state index in [1.54, 1.807) is 18.2 Å². The van der Waals surface area contributed by atoms with Crippen LogP contribution in [0.1, 0.15) is 35.5 Å². The summed E-state index contributed by atoms with van der Waals surface area (Å²) in [6, 6.07) is 17.6. The summed E-state index contributed by atoms with van der Waals surface area (Å²) >= 11 is 1.39. The number of primary amides is 1. The highest BCUT2D eigenvalue weighted by molar-refractivity contribution is 7.98. The molecule has 4 aromatic rings.